The van der Waals surface area contributed by atoms with E-state index in [0.717, 1.165) is 34.2 Å². The summed E-state index contributed by atoms with van der Waals surface area (Å²) in [4.78, 5) is 50.4. The van der Waals surface area contributed by atoms with Gasteiger partial charge in [-0.25, -0.2) is 0 Å². The minimum atomic E-state index is -0.362. The van der Waals surface area contributed by atoms with Gasteiger partial charge in [0, 0.05) is 31.5 Å². The first-order valence-electron chi connectivity index (χ1n) is 10.2. The molecule has 1 N–H and O–H groups in total. The number of hydrogen-bond acceptors (Lipinski definition) is 5. The first kappa shape index (κ1) is 22.5. The molecular weight excluding hydrogens is 412 g/mol. The molecule has 160 valence electrons. The Morgan fingerprint density at radius 1 is 1.00 bits per heavy atom. The van der Waals surface area contributed by atoms with Crippen LogP contribution in [0.1, 0.15) is 41.3 Å². The van der Waals surface area contributed by atoms with Crippen molar-refractivity contribution in [1.82, 2.24) is 10.2 Å². The van der Waals surface area contributed by atoms with E-state index in [1.807, 2.05) is 49.4 Å². The first-order valence-corrected chi connectivity index (χ1v) is 11.0. The predicted molar refractivity (Wildman–Crippen MR) is 122 cm³/mol. The van der Waals surface area contributed by atoms with Gasteiger partial charge in [-0.3, -0.25) is 24.1 Å². The highest BCUT2D eigenvalue weighted by molar-refractivity contribution is 8.18. The molecule has 3 rings (SSSR count). The maximum atomic E-state index is 12.5. The average Bonchev–Trinajstić information content (AvgIpc) is 3.05. The van der Waals surface area contributed by atoms with Crippen LogP contribution >= 0.6 is 11.8 Å². The Morgan fingerprint density at radius 2 is 1.71 bits per heavy atom. The number of hydrogen-bond donors (Lipinski definition) is 1. The topological polar surface area (TPSA) is 83.6 Å². The van der Waals surface area contributed by atoms with Crippen molar-refractivity contribution in [2.24, 2.45) is 0 Å². The van der Waals surface area contributed by atoms with Gasteiger partial charge in [0.15, 0.2) is 5.78 Å². The van der Waals surface area contributed by atoms with E-state index in [0.29, 0.717) is 10.5 Å². The third-order valence-electron chi connectivity index (χ3n) is 4.89. The summed E-state index contributed by atoms with van der Waals surface area (Å²) in [5, 5.41) is 2.32. The van der Waals surface area contributed by atoms with Crippen LogP contribution in [-0.2, 0) is 16.0 Å². The zero-order valence-corrected chi connectivity index (χ0v) is 18.1. The summed E-state index contributed by atoms with van der Waals surface area (Å²) in [6, 6.07) is 16.7. The van der Waals surface area contributed by atoms with Crippen LogP contribution in [0.4, 0.5) is 4.79 Å². The monoisotopic (exact) mass is 436 g/mol. The number of thioether (sulfide) groups is 1. The zero-order valence-electron chi connectivity index (χ0n) is 17.3. The fourth-order valence-electron chi connectivity index (χ4n) is 3.09. The number of imide groups is 1. The summed E-state index contributed by atoms with van der Waals surface area (Å²) in [7, 11) is 0. The number of benzene rings is 2. The van der Waals surface area contributed by atoms with Crippen LogP contribution in [0.25, 0.3) is 6.08 Å². The van der Waals surface area contributed by atoms with Gasteiger partial charge in [-0.15, -0.1) is 0 Å². The van der Waals surface area contributed by atoms with Gasteiger partial charge in [0.05, 0.1) is 4.91 Å². The molecule has 0 radical (unpaired) electrons. The van der Waals surface area contributed by atoms with Crippen molar-refractivity contribution in [3.05, 3.63) is 76.2 Å². The van der Waals surface area contributed by atoms with Gasteiger partial charge in [0.2, 0.25) is 5.91 Å². The van der Waals surface area contributed by atoms with Crippen LogP contribution in [-0.4, -0.2) is 40.8 Å². The lowest BCUT2D eigenvalue weighted by Crippen LogP contribution is -2.37. The molecule has 2 aromatic carbocycles. The molecule has 0 aromatic heterocycles. The molecule has 3 amide bonds. The molecule has 1 heterocycles. The molecule has 1 saturated heterocycles. The summed E-state index contributed by atoms with van der Waals surface area (Å²) in [5.41, 5.74) is 2.59. The third-order valence-corrected chi connectivity index (χ3v) is 5.80. The molecule has 2 aromatic rings. The van der Waals surface area contributed by atoms with Crippen LogP contribution in [0, 0.1) is 0 Å². The minimum Gasteiger partial charge on any atom is -0.354 e. The molecule has 31 heavy (non-hydrogen) atoms. The van der Waals surface area contributed by atoms with Gasteiger partial charge >= 0.3 is 0 Å². The van der Waals surface area contributed by atoms with Gasteiger partial charge < -0.3 is 5.32 Å². The average molecular weight is 437 g/mol. The standard InChI is InChI=1S/C24H24N2O4S/c1-2-17-8-10-19(11-9-17)20(27)12-13-22(28)25-14-15-26-23(29)21(31-24(26)30)16-18-6-4-3-5-7-18/h3-11,16H,2,12-15H2,1H3,(H,25,28)/b21-16-. The minimum absolute atomic E-state index is 0.0597. The number of carbonyl (C=O) groups excluding carboxylic acids is 4. The lowest BCUT2D eigenvalue weighted by atomic mass is 10.0. The molecule has 0 aliphatic carbocycles. The highest BCUT2D eigenvalue weighted by atomic mass is 32.2. The summed E-state index contributed by atoms with van der Waals surface area (Å²) in [5.74, 6) is -0.737. The first-order chi connectivity index (χ1) is 15.0. The van der Waals surface area contributed by atoms with Crippen molar-refractivity contribution < 1.29 is 19.2 Å². The molecule has 1 fully saturated rings. The fourth-order valence-corrected chi connectivity index (χ4v) is 3.95. The molecule has 1 aliphatic rings. The number of ketones is 1. The van der Waals surface area contributed by atoms with Crippen LogP contribution in [0.2, 0.25) is 0 Å². The normalized spacial score (nSPS) is 14.9. The van der Waals surface area contributed by atoms with E-state index >= 15 is 0 Å². The van der Waals surface area contributed by atoms with Crippen LogP contribution in [0.5, 0.6) is 0 Å². The van der Waals surface area contributed by atoms with E-state index in [9.17, 15) is 19.2 Å². The molecule has 0 bridgehead atoms. The molecule has 0 unspecified atom stereocenters. The Balaban J connectivity index is 1.43. The van der Waals surface area contributed by atoms with Crippen molar-refractivity contribution in [3.63, 3.8) is 0 Å². The van der Waals surface area contributed by atoms with E-state index in [4.69, 9.17) is 0 Å². The summed E-state index contributed by atoms with van der Waals surface area (Å²) in [6.45, 7) is 2.29. The Hall–Kier alpha value is -3.19. The molecule has 6 nitrogen and oxygen atoms in total. The van der Waals surface area contributed by atoms with Crippen molar-refractivity contribution in [3.8, 4) is 0 Å². The van der Waals surface area contributed by atoms with E-state index in [1.54, 1.807) is 18.2 Å². The second-order valence-corrected chi connectivity index (χ2v) is 8.06. The number of nitrogens with zero attached hydrogens (tertiary/aromatic N) is 1. The van der Waals surface area contributed by atoms with E-state index in [-0.39, 0.29) is 48.8 Å². The third kappa shape index (κ3) is 6.15. The Morgan fingerprint density at radius 3 is 2.39 bits per heavy atom. The molecular formula is C24H24N2O4S. The highest BCUT2D eigenvalue weighted by Gasteiger charge is 2.34. The van der Waals surface area contributed by atoms with Crippen LogP contribution < -0.4 is 5.32 Å². The molecule has 1 aliphatic heterocycles. The van der Waals surface area contributed by atoms with Crippen LogP contribution in [0.3, 0.4) is 0 Å². The second kappa shape index (κ2) is 10.7. The highest BCUT2D eigenvalue weighted by Crippen LogP contribution is 2.31. The smallest absolute Gasteiger partial charge is 0.293 e. The Bertz CT molecular complexity index is 1000. The van der Waals surface area contributed by atoms with Gasteiger partial charge in [-0.2, -0.15) is 0 Å². The lowest BCUT2D eigenvalue weighted by Gasteiger charge is -2.13. The van der Waals surface area contributed by atoms with Crippen molar-refractivity contribution in [1.29, 1.82) is 0 Å². The van der Waals surface area contributed by atoms with Crippen LogP contribution in [0.15, 0.2) is 59.5 Å². The number of amides is 3. The van der Waals surface area contributed by atoms with Gasteiger partial charge in [0.25, 0.3) is 11.1 Å². The van der Waals surface area contributed by atoms with E-state index in [1.165, 1.54) is 0 Å². The van der Waals surface area contributed by atoms with Crippen molar-refractivity contribution >= 4 is 40.7 Å². The Kier molecular flexibility index (Phi) is 7.78. The van der Waals surface area contributed by atoms with Crippen molar-refractivity contribution in [2.45, 2.75) is 26.2 Å². The fraction of sp³-hybridized carbons (Fsp3) is 0.250. The SMILES string of the molecule is CCc1ccc(C(=O)CCC(=O)NCCN2C(=O)S/C(=C\c3ccccc3)C2=O)cc1. The Labute approximate surface area is 185 Å². The lowest BCUT2D eigenvalue weighted by molar-refractivity contribution is -0.124. The predicted octanol–water partition coefficient (Wildman–Crippen LogP) is 4.06. The van der Waals surface area contributed by atoms with Gasteiger partial charge in [-0.1, -0.05) is 61.5 Å². The number of Topliss-reactive ketones (excluding diaryl/α,β-unsaturated/α-hetero) is 1. The number of rotatable bonds is 9. The molecule has 7 heteroatoms. The molecule has 0 atom stereocenters. The maximum absolute atomic E-state index is 12.5. The zero-order chi connectivity index (χ0) is 22.2. The summed E-state index contributed by atoms with van der Waals surface area (Å²) in [6.07, 6.45) is 2.76. The van der Waals surface area contributed by atoms with Gasteiger partial charge in [0.1, 0.15) is 0 Å². The number of carbonyl (C=O) groups is 4. The van der Waals surface area contributed by atoms with Crippen molar-refractivity contribution in [2.75, 3.05) is 13.1 Å². The largest absolute Gasteiger partial charge is 0.354 e. The molecule has 0 saturated carbocycles. The summed E-state index contributed by atoms with van der Waals surface area (Å²) < 4.78 is 0. The molecule has 0 spiro atoms. The van der Waals surface area contributed by atoms with E-state index in [2.05, 4.69) is 5.32 Å². The van der Waals surface area contributed by atoms with Gasteiger partial charge in [-0.05, 0) is 35.4 Å². The number of aryl methyl sites for hydroxylation is 1. The quantitative estimate of drug-likeness (QED) is 0.473. The second-order valence-electron chi connectivity index (χ2n) is 7.07. The number of nitrogens with one attached hydrogen (secondary N) is 1. The summed E-state index contributed by atoms with van der Waals surface area (Å²) >= 11 is 0.891. The van der Waals surface area contributed by atoms with E-state index < -0.39 is 0 Å². The maximum Gasteiger partial charge on any atom is 0.293 e.